The number of nitrogens with one attached hydrogen (secondary N) is 3. The first-order valence-corrected chi connectivity index (χ1v) is 19.2. The lowest BCUT2D eigenvalue weighted by Gasteiger charge is -2.53. The van der Waals surface area contributed by atoms with Crippen LogP contribution in [0.2, 0.25) is 0 Å². The number of nitrogens with zero attached hydrogens (tertiary/aromatic N) is 1. The van der Waals surface area contributed by atoms with Crippen molar-refractivity contribution in [2.75, 3.05) is 38.0 Å². The van der Waals surface area contributed by atoms with Gasteiger partial charge in [-0.05, 0) is 97.1 Å². The summed E-state index contributed by atoms with van der Waals surface area (Å²) in [5.41, 5.74) is 4.50. The fourth-order valence-electron chi connectivity index (χ4n) is 10.2. The molecule has 0 amide bonds. The van der Waals surface area contributed by atoms with Gasteiger partial charge >= 0.3 is 0 Å². The van der Waals surface area contributed by atoms with E-state index in [-0.39, 0.29) is 16.4 Å². The molecule has 2 fully saturated rings. The number of para-hydroxylation sites is 1. The van der Waals surface area contributed by atoms with Gasteiger partial charge in [0.1, 0.15) is 0 Å². The zero-order valence-electron chi connectivity index (χ0n) is 33.3. The molecule has 4 unspecified atom stereocenters. The molecule has 1 aromatic carbocycles. The Morgan fingerprint density at radius 2 is 1.54 bits per heavy atom. The summed E-state index contributed by atoms with van der Waals surface area (Å²) >= 11 is 0. The lowest BCUT2D eigenvalue weighted by Crippen LogP contribution is -2.59. The molecule has 3 heterocycles. The van der Waals surface area contributed by atoms with Gasteiger partial charge in [-0.1, -0.05) is 115 Å². The molecule has 266 valence electrons. The zero-order valence-corrected chi connectivity index (χ0v) is 33.3. The molecule has 0 aromatic heterocycles. The van der Waals surface area contributed by atoms with Crippen LogP contribution in [0.25, 0.3) is 0 Å². The first-order chi connectivity index (χ1) is 21.1. The molecule has 3 aliphatic rings. The van der Waals surface area contributed by atoms with Crippen LogP contribution in [0.3, 0.4) is 0 Å². The summed E-state index contributed by atoms with van der Waals surface area (Å²) in [5, 5.41) is 11.8. The standard InChI is InChI=1S/C40H72N4.C2H6/c1-14-35(2,3)24-37(6,7)27-41-21-29-20-36(4,5)25-38(8,9)28-44(40(12,13)26-39(29,10)11)23-30-19-32-31-17-15-16-18-33(31)43-34(32)22-42-30;1-2/h15-18,29-30,32,34,41-43H,14,19-28H2,1-13H3;1-2H3. The predicted molar refractivity (Wildman–Crippen MR) is 204 cm³/mol. The van der Waals surface area contributed by atoms with Gasteiger partial charge < -0.3 is 16.0 Å². The van der Waals surface area contributed by atoms with E-state index in [2.05, 4.69) is 135 Å². The second kappa shape index (κ2) is 14.8. The van der Waals surface area contributed by atoms with E-state index in [1.165, 1.54) is 49.8 Å². The van der Waals surface area contributed by atoms with Crippen LogP contribution in [0.15, 0.2) is 24.3 Å². The highest BCUT2D eigenvalue weighted by atomic mass is 15.2. The van der Waals surface area contributed by atoms with Crippen molar-refractivity contribution >= 4 is 5.69 Å². The Labute approximate surface area is 287 Å². The lowest BCUT2D eigenvalue weighted by molar-refractivity contribution is -0.0237. The minimum atomic E-state index is 0.120. The van der Waals surface area contributed by atoms with Crippen LogP contribution in [-0.2, 0) is 0 Å². The Balaban J connectivity index is 0.00000282. The fraction of sp³-hybridized carbons (Fsp3) is 0.857. The normalized spacial score (nSPS) is 29.0. The zero-order chi connectivity index (χ0) is 34.8. The summed E-state index contributed by atoms with van der Waals surface area (Å²) < 4.78 is 0. The van der Waals surface area contributed by atoms with Gasteiger partial charge in [-0.25, -0.2) is 0 Å². The van der Waals surface area contributed by atoms with E-state index in [9.17, 15) is 0 Å². The highest BCUT2D eigenvalue weighted by Gasteiger charge is 2.46. The Morgan fingerprint density at radius 1 is 0.891 bits per heavy atom. The van der Waals surface area contributed by atoms with E-state index in [1.807, 2.05) is 13.8 Å². The number of fused-ring (bicyclic) bond motifs is 3. The summed E-state index contributed by atoms with van der Waals surface area (Å²) in [6.07, 6.45) is 7.48. The van der Waals surface area contributed by atoms with Crippen molar-refractivity contribution in [2.45, 2.75) is 166 Å². The monoisotopic (exact) mass is 639 g/mol. The van der Waals surface area contributed by atoms with Crippen molar-refractivity contribution in [1.29, 1.82) is 0 Å². The Kier molecular flexibility index (Phi) is 12.7. The molecule has 0 spiro atoms. The Morgan fingerprint density at radius 3 is 2.20 bits per heavy atom. The molecule has 3 aliphatic heterocycles. The quantitative estimate of drug-likeness (QED) is 0.252. The highest BCUT2D eigenvalue weighted by Crippen LogP contribution is 2.49. The maximum Gasteiger partial charge on any atom is 0.0456 e. The Bertz CT molecular complexity index is 1100. The second-order valence-electron chi connectivity index (χ2n) is 20.0. The molecule has 1 aromatic rings. The van der Waals surface area contributed by atoms with Crippen molar-refractivity contribution in [3.8, 4) is 0 Å². The molecular formula is C42H78N4. The number of benzene rings is 1. The SMILES string of the molecule is CC.CCC(C)(C)CC(C)(C)CNCC1CC(C)(C)CC(C)(C)CN(CC2CC3c4ccccc4NC3CN2)C(C)(C)CC1(C)C. The van der Waals surface area contributed by atoms with Crippen LogP contribution < -0.4 is 16.0 Å². The second-order valence-corrected chi connectivity index (χ2v) is 20.0. The minimum absolute atomic E-state index is 0.120. The van der Waals surface area contributed by atoms with E-state index in [1.54, 1.807) is 0 Å². The maximum absolute atomic E-state index is 4.04. The average Bonchev–Trinajstić information content (AvgIpc) is 3.29. The van der Waals surface area contributed by atoms with Crippen LogP contribution in [0.4, 0.5) is 5.69 Å². The third-order valence-electron chi connectivity index (χ3n) is 11.9. The van der Waals surface area contributed by atoms with E-state index in [0.717, 1.165) is 32.7 Å². The lowest BCUT2D eigenvalue weighted by atomic mass is 9.61. The van der Waals surface area contributed by atoms with Gasteiger partial charge in [-0.3, -0.25) is 4.90 Å². The van der Waals surface area contributed by atoms with Crippen LogP contribution in [0, 0.1) is 33.0 Å². The number of hydrogen-bond acceptors (Lipinski definition) is 4. The molecule has 3 N–H and O–H groups in total. The van der Waals surface area contributed by atoms with E-state index >= 15 is 0 Å². The van der Waals surface area contributed by atoms with Crippen molar-refractivity contribution in [1.82, 2.24) is 15.5 Å². The molecule has 4 heteroatoms. The summed E-state index contributed by atoms with van der Waals surface area (Å²) in [7, 11) is 0. The van der Waals surface area contributed by atoms with Crippen LogP contribution in [-0.4, -0.2) is 55.2 Å². The fourth-order valence-corrected chi connectivity index (χ4v) is 10.2. The van der Waals surface area contributed by atoms with Crippen molar-refractivity contribution in [3.63, 3.8) is 0 Å². The Hall–Kier alpha value is -1.10. The van der Waals surface area contributed by atoms with E-state index in [4.69, 9.17) is 0 Å². The van der Waals surface area contributed by atoms with E-state index < -0.39 is 0 Å². The minimum Gasteiger partial charge on any atom is -0.380 e. The molecular weight excluding hydrogens is 560 g/mol. The average molecular weight is 639 g/mol. The number of anilines is 1. The molecule has 4 atom stereocenters. The molecule has 0 saturated carbocycles. The van der Waals surface area contributed by atoms with Gasteiger partial charge in [0.05, 0.1) is 0 Å². The largest absolute Gasteiger partial charge is 0.380 e. The van der Waals surface area contributed by atoms with Gasteiger partial charge in [0.25, 0.3) is 0 Å². The highest BCUT2D eigenvalue weighted by molar-refractivity contribution is 5.59. The third kappa shape index (κ3) is 10.4. The predicted octanol–water partition coefficient (Wildman–Crippen LogP) is 10.4. The molecule has 0 bridgehead atoms. The van der Waals surface area contributed by atoms with E-state index in [0.29, 0.717) is 40.2 Å². The van der Waals surface area contributed by atoms with Crippen LogP contribution in [0.5, 0.6) is 0 Å². The topological polar surface area (TPSA) is 39.3 Å². The van der Waals surface area contributed by atoms with Crippen molar-refractivity contribution in [3.05, 3.63) is 29.8 Å². The molecule has 4 nitrogen and oxygen atoms in total. The molecule has 0 radical (unpaired) electrons. The summed E-state index contributed by atoms with van der Waals surface area (Å²) in [5.74, 6) is 1.25. The molecule has 4 rings (SSSR count). The van der Waals surface area contributed by atoms with Crippen LogP contribution in [0.1, 0.15) is 154 Å². The van der Waals surface area contributed by atoms with Gasteiger partial charge in [0.2, 0.25) is 0 Å². The number of rotatable bonds is 9. The van der Waals surface area contributed by atoms with Gasteiger partial charge in [0.15, 0.2) is 0 Å². The molecule has 0 aliphatic carbocycles. The van der Waals surface area contributed by atoms with Gasteiger partial charge in [-0.15, -0.1) is 0 Å². The summed E-state index contributed by atoms with van der Waals surface area (Å²) in [4.78, 5) is 2.91. The first kappa shape index (κ1) is 39.3. The maximum atomic E-state index is 4.04. The van der Waals surface area contributed by atoms with Gasteiger partial charge in [0, 0.05) is 55.4 Å². The summed E-state index contributed by atoms with van der Waals surface area (Å²) in [6.45, 7) is 42.1. The van der Waals surface area contributed by atoms with Crippen molar-refractivity contribution in [2.24, 2.45) is 33.0 Å². The van der Waals surface area contributed by atoms with Crippen molar-refractivity contribution < 1.29 is 0 Å². The molecule has 46 heavy (non-hydrogen) atoms. The third-order valence-corrected chi connectivity index (χ3v) is 11.9. The number of hydrogen-bond donors (Lipinski definition) is 3. The molecule has 2 saturated heterocycles. The smallest absolute Gasteiger partial charge is 0.0456 e. The van der Waals surface area contributed by atoms with Crippen LogP contribution >= 0.6 is 0 Å². The first-order valence-electron chi connectivity index (χ1n) is 19.2. The van der Waals surface area contributed by atoms with Gasteiger partial charge in [-0.2, -0.15) is 0 Å². The number of piperidine rings is 1. The summed E-state index contributed by atoms with van der Waals surface area (Å²) in [6, 6.07) is 10.1.